The zero-order valence-electron chi connectivity index (χ0n) is 9.41. The van der Waals surface area contributed by atoms with Gasteiger partial charge in [-0.3, -0.25) is 0 Å². The molecule has 82 valence electrons. The number of methoxy groups -OCH3 is 2. The van der Waals surface area contributed by atoms with E-state index < -0.39 is 0 Å². The maximum Gasteiger partial charge on any atom is 0.126 e. The van der Waals surface area contributed by atoms with Gasteiger partial charge in [0.15, 0.2) is 0 Å². The van der Waals surface area contributed by atoms with E-state index in [1.165, 1.54) is 0 Å². The van der Waals surface area contributed by atoms with Gasteiger partial charge in [-0.25, -0.2) is 0 Å². The van der Waals surface area contributed by atoms with Crippen LogP contribution < -0.4 is 15.2 Å². The van der Waals surface area contributed by atoms with Gasteiger partial charge in [-0.15, -0.1) is 0 Å². The first-order valence-electron chi connectivity index (χ1n) is 4.82. The smallest absolute Gasteiger partial charge is 0.126 e. The highest BCUT2D eigenvalue weighted by Crippen LogP contribution is 2.28. The topological polar surface area (TPSA) is 44.5 Å². The fraction of sp³-hybridized carbons (Fsp3) is 0.333. The molecule has 0 aliphatic carbocycles. The first kappa shape index (κ1) is 11.6. The van der Waals surface area contributed by atoms with Crippen LogP contribution in [-0.2, 0) is 0 Å². The Labute approximate surface area is 90.5 Å². The second-order valence-corrected chi connectivity index (χ2v) is 3.20. The molecule has 0 aromatic heterocycles. The molecular weight excluding hydrogens is 190 g/mol. The quantitative estimate of drug-likeness (QED) is 0.821. The Bertz CT molecular complexity index is 359. The van der Waals surface area contributed by atoms with Gasteiger partial charge in [0.2, 0.25) is 0 Å². The largest absolute Gasteiger partial charge is 0.496 e. The van der Waals surface area contributed by atoms with Crippen molar-refractivity contribution in [1.29, 1.82) is 0 Å². The summed E-state index contributed by atoms with van der Waals surface area (Å²) in [5, 5.41) is 0. The summed E-state index contributed by atoms with van der Waals surface area (Å²) in [4.78, 5) is 0. The molecule has 0 spiro atoms. The first-order chi connectivity index (χ1) is 7.22. The molecule has 0 heterocycles. The minimum atomic E-state index is 0.513. The number of benzene rings is 1. The summed E-state index contributed by atoms with van der Waals surface area (Å²) in [7, 11) is 3.31. The Kier molecular flexibility index (Phi) is 4.18. The average molecular weight is 207 g/mol. The van der Waals surface area contributed by atoms with Gasteiger partial charge in [-0.2, -0.15) is 0 Å². The molecule has 0 atom stereocenters. The van der Waals surface area contributed by atoms with E-state index >= 15 is 0 Å². The maximum atomic E-state index is 5.41. The lowest BCUT2D eigenvalue weighted by atomic mass is 10.1. The van der Waals surface area contributed by atoms with Crippen LogP contribution in [0.15, 0.2) is 18.2 Å². The Morgan fingerprint density at radius 2 is 1.87 bits per heavy atom. The third-order valence-corrected chi connectivity index (χ3v) is 2.18. The van der Waals surface area contributed by atoms with Crippen LogP contribution in [0.4, 0.5) is 0 Å². The van der Waals surface area contributed by atoms with Crippen molar-refractivity contribution in [1.82, 2.24) is 0 Å². The Hall–Kier alpha value is -1.48. The van der Waals surface area contributed by atoms with Gasteiger partial charge < -0.3 is 15.2 Å². The van der Waals surface area contributed by atoms with Crippen molar-refractivity contribution in [2.45, 2.75) is 6.92 Å². The highest BCUT2D eigenvalue weighted by molar-refractivity contribution is 5.61. The van der Waals surface area contributed by atoms with Crippen molar-refractivity contribution in [2.24, 2.45) is 5.73 Å². The number of rotatable bonds is 4. The second-order valence-electron chi connectivity index (χ2n) is 3.20. The maximum absolute atomic E-state index is 5.41. The van der Waals surface area contributed by atoms with Gasteiger partial charge in [-0.05, 0) is 24.6 Å². The van der Waals surface area contributed by atoms with E-state index in [1.54, 1.807) is 14.2 Å². The summed E-state index contributed by atoms with van der Waals surface area (Å²) in [6.45, 7) is 2.50. The van der Waals surface area contributed by atoms with Crippen LogP contribution in [0.5, 0.6) is 11.5 Å². The number of nitrogens with two attached hydrogens (primary N) is 1. The fourth-order valence-electron chi connectivity index (χ4n) is 1.40. The Morgan fingerprint density at radius 1 is 1.20 bits per heavy atom. The molecule has 0 fully saturated rings. The Balaban J connectivity index is 3.16. The average Bonchev–Trinajstić information content (AvgIpc) is 2.26. The lowest BCUT2D eigenvalue weighted by Gasteiger charge is -2.10. The van der Waals surface area contributed by atoms with Crippen LogP contribution in [-0.4, -0.2) is 20.8 Å². The monoisotopic (exact) mass is 207 g/mol. The van der Waals surface area contributed by atoms with Crippen LogP contribution in [0.1, 0.15) is 11.1 Å². The van der Waals surface area contributed by atoms with Crippen LogP contribution in [0, 0.1) is 6.92 Å². The van der Waals surface area contributed by atoms with Crippen molar-refractivity contribution in [2.75, 3.05) is 20.8 Å². The van der Waals surface area contributed by atoms with E-state index in [2.05, 4.69) is 0 Å². The molecule has 3 heteroatoms. The van der Waals surface area contributed by atoms with Crippen molar-refractivity contribution >= 4 is 6.08 Å². The van der Waals surface area contributed by atoms with Gasteiger partial charge in [-0.1, -0.05) is 12.2 Å². The minimum Gasteiger partial charge on any atom is -0.496 e. The zero-order valence-corrected chi connectivity index (χ0v) is 9.41. The van der Waals surface area contributed by atoms with Crippen molar-refractivity contribution in [3.8, 4) is 11.5 Å². The van der Waals surface area contributed by atoms with Crippen LogP contribution >= 0.6 is 0 Å². The summed E-state index contributed by atoms with van der Waals surface area (Å²) >= 11 is 0. The van der Waals surface area contributed by atoms with E-state index in [4.69, 9.17) is 15.2 Å². The summed E-state index contributed by atoms with van der Waals surface area (Å²) in [5.74, 6) is 1.69. The molecule has 0 aliphatic rings. The zero-order chi connectivity index (χ0) is 11.3. The van der Waals surface area contributed by atoms with Gasteiger partial charge in [0.25, 0.3) is 0 Å². The predicted molar refractivity (Wildman–Crippen MR) is 62.4 cm³/mol. The second kappa shape index (κ2) is 5.41. The fourth-order valence-corrected chi connectivity index (χ4v) is 1.40. The van der Waals surface area contributed by atoms with Crippen molar-refractivity contribution < 1.29 is 9.47 Å². The molecule has 0 radical (unpaired) electrons. The normalized spacial score (nSPS) is 10.7. The molecule has 2 N–H and O–H groups in total. The van der Waals surface area contributed by atoms with E-state index in [0.29, 0.717) is 6.54 Å². The standard InChI is InChI=1S/C12H17NO2/c1-9-7-12(15-3)10(5-4-6-13)8-11(9)14-2/h4-5,7-8H,6,13H2,1-3H3/b5-4+. The SMILES string of the molecule is COc1cc(/C=C/CN)c(OC)cc1C. The molecule has 0 bridgehead atoms. The lowest BCUT2D eigenvalue weighted by Crippen LogP contribution is -1.95. The van der Waals surface area contributed by atoms with Crippen LogP contribution in [0.2, 0.25) is 0 Å². The Morgan fingerprint density at radius 3 is 2.40 bits per heavy atom. The lowest BCUT2D eigenvalue weighted by molar-refractivity contribution is 0.400. The number of hydrogen-bond acceptors (Lipinski definition) is 3. The molecule has 0 saturated carbocycles. The molecule has 0 unspecified atom stereocenters. The van der Waals surface area contributed by atoms with E-state index in [-0.39, 0.29) is 0 Å². The highest BCUT2D eigenvalue weighted by Gasteiger charge is 2.05. The van der Waals surface area contributed by atoms with Gasteiger partial charge >= 0.3 is 0 Å². The molecule has 0 saturated heterocycles. The summed E-state index contributed by atoms with van der Waals surface area (Å²) in [6.07, 6.45) is 3.81. The third-order valence-electron chi connectivity index (χ3n) is 2.18. The van der Waals surface area contributed by atoms with Crippen molar-refractivity contribution in [3.05, 3.63) is 29.3 Å². The molecule has 1 aromatic carbocycles. The highest BCUT2D eigenvalue weighted by atomic mass is 16.5. The molecule has 1 rings (SSSR count). The van der Waals surface area contributed by atoms with Gasteiger partial charge in [0, 0.05) is 12.1 Å². The van der Waals surface area contributed by atoms with Crippen LogP contribution in [0.3, 0.4) is 0 Å². The summed E-state index contributed by atoms with van der Waals surface area (Å²) < 4.78 is 10.5. The molecular formula is C12H17NO2. The first-order valence-corrected chi connectivity index (χ1v) is 4.82. The van der Waals surface area contributed by atoms with E-state index in [9.17, 15) is 0 Å². The molecule has 15 heavy (non-hydrogen) atoms. The molecule has 0 aliphatic heterocycles. The van der Waals surface area contributed by atoms with E-state index in [0.717, 1.165) is 22.6 Å². The van der Waals surface area contributed by atoms with E-state index in [1.807, 2.05) is 31.2 Å². The van der Waals surface area contributed by atoms with Crippen molar-refractivity contribution in [3.63, 3.8) is 0 Å². The molecule has 0 amide bonds. The third kappa shape index (κ3) is 2.73. The number of ether oxygens (including phenoxy) is 2. The van der Waals surface area contributed by atoms with Crippen LogP contribution in [0.25, 0.3) is 6.08 Å². The number of aryl methyl sites for hydroxylation is 1. The van der Waals surface area contributed by atoms with Gasteiger partial charge in [0.05, 0.1) is 14.2 Å². The minimum absolute atomic E-state index is 0.513. The molecule has 1 aromatic rings. The number of hydrogen-bond donors (Lipinski definition) is 1. The van der Waals surface area contributed by atoms with Gasteiger partial charge in [0.1, 0.15) is 11.5 Å². The predicted octanol–water partition coefficient (Wildman–Crippen LogP) is 1.98. The summed E-state index contributed by atoms with van der Waals surface area (Å²) in [5.41, 5.74) is 7.44. The molecule has 3 nitrogen and oxygen atoms in total. The summed E-state index contributed by atoms with van der Waals surface area (Å²) in [6, 6.07) is 3.90.